The van der Waals surface area contributed by atoms with Crippen LogP contribution in [0.4, 0.5) is 5.69 Å². The lowest BCUT2D eigenvalue weighted by Gasteiger charge is -2.14. The molecule has 0 amide bonds. The molecule has 0 bridgehead atoms. The second kappa shape index (κ2) is 6.24. The van der Waals surface area contributed by atoms with Crippen molar-refractivity contribution in [1.82, 2.24) is 4.57 Å². The minimum absolute atomic E-state index is 0.500. The number of hydrogen-bond acceptors (Lipinski definition) is 3. The van der Waals surface area contributed by atoms with Crippen LogP contribution in [0, 0.1) is 0 Å². The van der Waals surface area contributed by atoms with Gasteiger partial charge in [0.2, 0.25) is 0 Å². The highest BCUT2D eigenvalue weighted by Gasteiger charge is 2.15. The molecule has 2 heterocycles. The van der Waals surface area contributed by atoms with E-state index in [4.69, 9.17) is 9.47 Å². The van der Waals surface area contributed by atoms with Gasteiger partial charge in [-0.25, -0.2) is 0 Å². The van der Waals surface area contributed by atoms with E-state index >= 15 is 0 Å². The number of aromatic nitrogens is 1. The Hall–Kier alpha value is -3.01. The first kappa shape index (κ1) is 14.6. The van der Waals surface area contributed by atoms with Crippen LogP contribution in [0.3, 0.4) is 0 Å². The molecule has 0 radical (unpaired) electrons. The lowest BCUT2D eigenvalue weighted by molar-refractivity contribution is 0.284. The van der Waals surface area contributed by atoms with Gasteiger partial charge >= 0.3 is 0 Å². The van der Waals surface area contributed by atoms with Crippen LogP contribution in [0.1, 0.15) is 16.8 Å². The molecule has 2 aromatic carbocycles. The number of benzene rings is 2. The fraction of sp³-hybridized carbons (Fsp3) is 0.150. The third-order valence-electron chi connectivity index (χ3n) is 4.14. The Labute approximate surface area is 141 Å². The van der Waals surface area contributed by atoms with E-state index in [1.54, 1.807) is 7.11 Å². The van der Waals surface area contributed by atoms with Gasteiger partial charge in [0.25, 0.3) is 0 Å². The van der Waals surface area contributed by atoms with Gasteiger partial charge in [0.05, 0.1) is 24.7 Å². The molecule has 0 unspecified atom stereocenters. The molecule has 1 aromatic heterocycles. The van der Waals surface area contributed by atoms with Gasteiger partial charge < -0.3 is 14.0 Å². The predicted octanol–water partition coefficient (Wildman–Crippen LogP) is 4.19. The summed E-state index contributed by atoms with van der Waals surface area (Å²) in [4.78, 5) is 4.61. The maximum Gasteiger partial charge on any atom is 0.163 e. The Morgan fingerprint density at radius 2 is 1.92 bits per heavy atom. The SMILES string of the molecule is COc1cc2c(cc1OCc1ccccc1)N=Cc1cccn1C2. The minimum atomic E-state index is 0.500. The molecule has 0 fully saturated rings. The molecular formula is C20H18N2O2. The zero-order chi connectivity index (χ0) is 16.4. The van der Waals surface area contributed by atoms with Crippen molar-refractivity contribution in [3.63, 3.8) is 0 Å². The first-order chi connectivity index (χ1) is 11.8. The van der Waals surface area contributed by atoms with Crippen LogP contribution in [0.2, 0.25) is 0 Å². The predicted molar refractivity (Wildman–Crippen MR) is 94.6 cm³/mol. The lowest BCUT2D eigenvalue weighted by atomic mass is 10.1. The van der Waals surface area contributed by atoms with Gasteiger partial charge in [0.1, 0.15) is 6.61 Å². The number of nitrogens with zero attached hydrogens (tertiary/aromatic N) is 2. The van der Waals surface area contributed by atoms with E-state index in [0.29, 0.717) is 12.4 Å². The van der Waals surface area contributed by atoms with Gasteiger partial charge in [-0.15, -0.1) is 0 Å². The molecule has 0 atom stereocenters. The molecule has 4 nitrogen and oxygen atoms in total. The van der Waals surface area contributed by atoms with Crippen molar-refractivity contribution in [2.75, 3.05) is 7.11 Å². The van der Waals surface area contributed by atoms with Crippen LogP contribution in [-0.4, -0.2) is 17.9 Å². The van der Waals surface area contributed by atoms with Crippen molar-refractivity contribution in [3.8, 4) is 11.5 Å². The summed E-state index contributed by atoms with van der Waals surface area (Å²) in [5, 5.41) is 0. The summed E-state index contributed by atoms with van der Waals surface area (Å²) in [6.07, 6.45) is 3.95. The largest absolute Gasteiger partial charge is 0.493 e. The number of aliphatic imine (C=N–C) groups is 1. The summed E-state index contributed by atoms with van der Waals surface area (Å²) in [6, 6.07) is 18.2. The quantitative estimate of drug-likeness (QED) is 0.565. The first-order valence-electron chi connectivity index (χ1n) is 7.90. The van der Waals surface area contributed by atoms with Crippen molar-refractivity contribution in [3.05, 3.63) is 77.6 Å². The molecule has 24 heavy (non-hydrogen) atoms. The van der Waals surface area contributed by atoms with Crippen molar-refractivity contribution in [2.45, 2.75) is 13.2 Å². The Kier molecular flexibility index (Phi) is 3.79. The molecule has 0 spiro atoms. The highest BCUT2D eigenvalue weighted by atomic mass is 16.5. The minimum Gasteiger partial charge on any atom is -0.493 e. The summed E-state index contributed by atoms with van der Waals surface area (Å²) < 4.78 is 13.7. The molecule has 1 aliphatic heterocycles. The van der Waals surface area contributed by atoms with Crippen LogP contribution < -0.4 is 9.47 Å². The van der Waals surface area contributed by atoms with E-state index in [1.165, 1.54) is 0 Å². The molecule has 0 aliphatic carbocycles. The van der Waals surface area contributed by atoms with Crippen molar-refractivity contribution >= 4 is 11.9 Å². The van der Waals surface area contributed by atoms with Gasteiger partial charge in [-0.1, -0.05) is 30.3 Å². The van der Waals surface area contributed by atoms with Crippen LogP contribution in [-0.2, 0) is 13.2 Å². The van der Waals surface area contributed by atoms with Gasteiger partial charge in [0.15, 0.2) is 11.5 Å². The fourth-order valence-electron chi connectivity index (χ4n) is 2.85. The zero-order valence-electron chi connectivity index (χ0n) is 13.5. The summed E-state index contributed by atoms with van der Waals surface area (Å²) in [6.45, 7) is 1.27. The maximum absolute atomic E-state index is 5.97. The molecule has 0 saturated carbocycles. The number of rotatable bonds is 4. The van der Waals surface area contributed by atoms with Crippen molar-refractivity contribution < 1.29 is 9.47 Å². The highest BCUT2D eigenvalue weighted by Crippen LogP contribution is 2.37. The van der Waals surface area contributed by atoms with Crippen LogP contribution in [0.5, 0.6) is 11.5 Å². The summed E-state index contributed by atoms with van der Waals surface area (Å²) >= 11 is 0. The average Bonchev–Trinajstić information content (AvgIpc) is 3.00. The maximum atomic E-state index is 5.97. The molecule has 0 saturated heterocycles. The van der Waals surface area contributed by atoms with Gasteiger partial charge in [-0.3, -0.25) is 4.99 Å². The van der Waals surface area contributed by atoms with E-state index < -0.39 is 0 Å². The number of methoxy groups -OCH3 is 1. The van der Waals surface area contributed by atoms with Crippen LogP contribution in [0.15, 0.2) is 65.8 Å². The molecule has 3 aromatic rings. The molecule has 1 aliphatic rings. The summed E-state index contributed by atoms with van der Waals surface area (Å²) in [5.74, 6) is 1.44. The van der Waals surface area contributed by atoms with Crippen LogP contribution >= 0.6 is 0 Å². The Bertz CT molecular complexity index is 882. The highest BCUT2D eigenvalue weighted by molar-refractivity contribution is 5.82. The van der Waals surface area contributed by atoms with Gasteiger partial charge in [-0.05, 0) is 23.8 Å². The first-order valence-corrected chi connectivity index (χ1v) is 7.90. The fourth-order valence-corrected chi connectivity index (χ4v) is 2.85. The Balaban J connectivity index is 1.64. The molecule has 120 valence electrons. The molecule has 4 rings (SSSR count). The lowest BCUT2D eigenvalue weighted by Crippen LogP contribution is -2.02. The second-order valence-corrected chi connectivity index (χ2v) is 5.73. The van der Waals surface area contributed by atoms with E-state index in [9.17, 15) is 0 Å². The third kappa shape index (κ3) is 2.78. The van der Waals surface area contributed by atoms with Gasteiger partial charge in [-0.2, -0.15) is 0 Å². The van der Waals surface area contributed by atoms with E-state index in [1.807, 2.05) is 54.7 Å². The molecular weight excluding hydrogens is 300 g/mol. The number of fused-ring (bicyclic) bond motifs is 2. The second-order valence-electron chi connectivity index (χ2n) is 5.73. The normalized spacial score (nSPS) is 12.2. The molecule has 0 N–H and O–H groups in total. The smallest absolute Gasteiger partial charge is 0.163 e. The number of hydrogen-bond donors (Lipinski definition) is 0. The number of ether oxygens (including phenoxy) is 2. The average molecular weight is 318 g/mol. The molecule has 4 heteroatoms. The van der Waals surface area contributed by atoms with Crippen molar-refractivity contribution in [2.24, 2.45) is 4.99 Å². The van der Waals surface area contributed by atoms with Crippen molar-refractivity contribution in [1.29, 1.82) is 0 Å². The Morgan fingerprint density at radius 1 is 1.04 bits per heavy atom. The topological polar surface area (TPSA) is 35.8 Å². The van der Waals surface area contributed by atoms with E-state index in [2.05, 4.69) is 21.8 Å². The standard InChI is InChI=1S/C20H18N2O2/c1-23-19-10-16-13-22-9-5-8-17(22)12-21-18(16)11-20(19)24-14-15-6-3-2-4-7-15/h2-12H,13-14H2,1H3. The monoisotopic (exact) mass is 318 g/mol. The van der Waals surface area contributed by atoms with E-state index in [0.717, 1.165) is 34.8 Å². The van der Waals surface area contributed by atoms with Crippen LogP contribution in [0.25, 0.3) is 0 Å². The third-order valence-corrected chi connectivity index (χ3v) is 4.14. The van der Waals surface area contributed by atoms with Gasteiger partial charge in [0, 0.05) is 24.4 Å². The Morgan fingerprint density at radius 3 is 2.75 bits per heavy atom. The summed E-state index contributed by atoms with van der Waals surface area (Å²) in [7, 11) is 1.66. The summed E-state index contributed by atoms with van der Waals surface area (Å²) in [5.41, 5.74) is 4.25. The van der Waals surface area contributed by atoms with E-state index in [-0.39, 0.29) is 0 Å². The zero-order valence-corrected chi connectivity index (χ0v) is 13.5.